The average molecular weight is 426 g/mol. The molecule has 0 aliphatic heterocycles. The van der Waals surface area contributed by atoms with Crippen molar-refractivity contribution in [2.45, 2.75) is 25.2 Å². The zero-order valence-corrected chi connectivity index (χ0v) is 18.1. The minimum absolute atomic E-state index is 0.185. The topological polar surface area (TPSA) is 82.3 Å². The molecule has 1 aromatic heterocycles. The Morgan fingerprint density at radius 2 is 1.77 bits per heavy atom. The zero-order valence-electron chi connectivity index (χ0n) is 17.3. The molecule has 0 aliphatic carbocycles. The second kappa shape index (κ2) is 9.73. The number of nitrogens with one attached hydrogen (secondary N) is 2. The van der Waals surface area contributed by atoms with Gasteiger partial charge in [-0.25, -0.2) is 8.42 Å². The number of benzene rings is 2. The van der Waals surface area contributed by atoms with Gasteiger partial charge >= 0.3 is 0 Å². The molecule has 0 aliphatic rings. The molecular weight excluding hydrogens is 398 g/mol. The van der Waals surface area contributed by atoms with Crippen LogP contribution in [0.2, 0.25) is 0 Å². The molecule has 2 aromatic carbocycles. The molecule has 7 heteroatoms. The smallest absolute Gasteiger partial charge is 0.244 e. The van der Waals surface area contributed by atoms with Gasteiger partial charge in [-0.2, -0.15) is 4.31 Å². The third-order valence-corrected chi connectivity index (χ3v) is 7.08. The number of carbonyl (C=O) groups excluding carboxylic acids is 1. The SMILES string of the molecule is CCN(CC)S(=O)(=O)c1ccc(/C=C/C(=O)NCCc2c[nH]c3ccccc23)cc1. The number of sulfonamides is 1. The zero-order chi connectivity index (χ0) is 21.6. The summed E-state index contributed by atoms with van der Waals surface area (Å²) in [6.45, 7) is 5.02. The Balaban J connectivity index is 1.54. The van der Waals surface area contributed by atoms with Crippen LogP contribution in [0.25, 0.3) is 17.0 Å². The van der Waals surface area contributed by atoms with Gasteiger partial charge in [-0.05, 0) is 41.8 Å². The van der Waals surface area contributed by atoms with Crippen molar-refractivity contribution in [3.05, 3.63) is 71.9 Å². The van der Waals surface area contributed by atoms with E-state index in [-0.39, 0.29) is 10.8 Å². The van der Waals surface area contributed by atoms with Crippen LogP contribution in [0, 0.1) is 0 Å². The van der Waals surface area contributed by atoms with Crippen molar-refractivity contribution in [1.82, 2.24) is 14.6 Å². The molecule has 0 unspecified atom stereocenters. The highest BCUT2D eigenvalue weighted by molar-refractivity contribution is 7.89. The number of nitrogens with zero attached hydrogens (tertiary/aromatic N) is 1. The summed E-state index contributed by atoms with van der Waals surface area (Å²) in [5.74, 6) is -0.185. The van der Waals surface area contributed by atoms with Crippen LogP contribution in [-0.2, 0) is 21.2 Å². The van der Waals surface area contributed by atoms with E-state index in [0.717, 1.165) is 17.5 Å². The van der Waals surface area contributed by atoms with E-state index in [9.17, 15) is 13.2 Å². The number of hydrogen-bond acceptors (Lipinski definition) is 3. The predicted octanol–water partition coefficient (Wildman–Crippen LogP) is 3.57. The molecule has 2 N–H and O–H groups in total. The molecule has 0 saturated carbocycles. The lowest BCUT2D eigenvalue weighted by Gasteiger charge is -2.18. The van der Waals surface area contributed by atoms with Crippen molar-refractivity contribution in [1.29, 1.82) is 0 Å². The van der Waals surface area contributed by atoms with E-state index in [0.29, 0.717) is 19.6 Å². The highest BCUT2D eigenvalue weighted by atomic mass is 32.2. The predicted molar refractivity (Wildman–Crippen MR) is 121 cm³/mol. The Labute approximate surface area is 177 Å². The van der Waals surface area contributed by atoms with Gasteiger partial charge in [0, 0.05) is 42.8 Å². The van der Waals surface area contributed by atoms with Gasteiger partial charge in [-0.15, -0.1) is 0 Å². The van der Waals surface area contributed by atoms with E-state index < -0.39 is 10.0 Å². The first kappa shape index (κ1) is 21.8. The maximum absolute atomic E-state index is 12.5. The molecule has 3 aromatic rings. The van der Waals surface area contributed by atoms with Crippen LogP contribution >= 0.6 is 0 Å². The van der Waals surface area contributed by atoms with Crippen molar-refractivity contribution in [3.8, 4) is 0 Å². The number of rotatable bonds is 9. The summed E-state index contributed by atoms with van der Waals surface area (Å²) in [6.07, 6.45) is 5.85. The largest absolute Gasteiger partial charge is 0.361 e. The first-order valence-electron chi connectivity index (χ1n) is 10.1. The Morgan fingerprint density at radius 1 is 1.07 bits per heavy atom. The molecule has 3 rings (SSSR count). The summed E-state index contributed by atoms with van der Waals surface area (Å²) >= 11 is 0. The minimum Gasteiger partial charge on any atom is -0.361 e. The summed E-state index contributed by atoms with van der Waals surface area (Å²) in [5, 5.41) is 4.05. The van der Waals surface area contributed by atoms with Crippen molar-refractivity contribution in [2.24, 2.45) is 0 Å². The van der Waals surface area contributed by atoms with Gasteiger partial charge in [-0.3, -0.25) is 4.79 Å². The molecule has 1 amide bonds. The quantitative estimate of drug-likeness (QED) is 0.514. The lowest BCUT2D eigenvalue weighted by atomic mass is 10.1. The Hall–Kier alpha value is -2.90. The van der Waals surface area contributed by atoms with E-state index in [1.54, 1.807) is 30.3 Å². The van der Waals surface area contributed by atoms with Crippen LogP contribution in [0.15, 0.2) is 65.7 Å². The third-order valence-electron chi connectivity index (χ3n) is 5.02. The number of aromatic amines is 1. The van der Waals surface area contributed by atoms with E-state index >= 15 is 0 Å². The van der Waals surface area contributed by atoms with Crippen molar-refractivity contribution in [2.75, 3.05) is 19.6 Å². The molecule has 0 spiro atoms. The number of H-pyrrole nitrogens is 1. The molecule has 0 fully saturated rings. The maximum Gasteiger partial charge on any atom is 0.244 e. The van der Waals surface area contributed by atoms with Gasteiger partial charge in [0.15, 0.2) is 0 Å². The van der Waals surface area contributed by atoms with Gasteiger partial charge in [0.05, 0.1) is 4.90 Å². The summed E-state index contributed by atoms with van der Waals surface area (Å²) in [7, 11) is -3.47. The second-order valence-corrected chi connectivity index (χ2v) is 8.83. The van der Waals surface area contributed by atoms with E-state index in [1.807, 2.05) is 38.2 Å². The van der Waals surface area contributed by atoms with Crippen LogP contribution in [0.1, 0.15) is 25.0 Å². The molecule has 0 radical (unpaired) electrons. The number of carbonyl (C=O) groups is 1. The molecule has 1 heterocycles. The molecule has 30 heavy (non-hydrogen) atoms. The lowest BCUT2D eigenvalue weighted by molar-refractivity contribution is -0.116. The van der Waals surface area contributed by atoms with Crippen molar-refractivity contribution in [3.63, 3.8) is 0 Å². The standard InChI is InChI=1S/C23H27N3O3S/c1-3-26(4-2)30(28,29)20-12-9-18(10-13-20)11-14-23(27)24-16-15-19-17-25-22-8-6-5-7-21(19)22/h5-14,17,25H,3-4,15-16H2,1-2H3,(H,24,27)/b14-11+. The van der Waals surface area contributed by atoms with E-state index in [1.165, 1.54) is 21.3 Å². The van der Waals surface area contributed by atoms with Crippen LogP contribution in [-0.4, -0.2) is 43.2 Å². The first-order valence-corrected chi connectivity index (χ1v) is 11.5. The number of aromatic nitrogens is 1. The summed E-state index contributed by atoms with van der Waals surface area (Å²) in [6, 6.07) is 14.6. The van der Waals surface area contributed by atoms with Gasteiger partial charge in [0.25, 0.3) is 0 Å². The average Bonchev–Trinajstić information content (AvgIpc) is 3.16. The molecular formula is C23H27N3O3S. The molecule has 158 valence electrons. The lowest BCUT2D eigenvalue weighted by Crippen LogP contribution is -2.30. The second-order valence-electron chi connectivity index (χ2n) is 6.89. The molecule has 0 atom stereocenters. The highest BCUT2D eigenvalue weighted by Gasteiger charge is 2.20. The van der Waals surface area contributed by atoms with Gasteiger partial charge in [0.2, 0.25) is 15.9 Å². The summed E-state index contributed by atoms with van der Waals surface area (Å²) in [5.41, 5.74) is 3.02. The van der Waals surface area contributed by atoms with Crippen molar-refractivity contribution >= 4 is 32.9 Å². The van der Waals surface area contributed by atoms with Gasteiger partial charge in [0.1, 0.15) is 0 Å². The van der Waals surface area contributed by atoms with E-state index in [2.05, 4.69) is 16.4 Å². The Morgan fingerprint density at radius 3 is 2.47 bits per heavy atom. The molecule has 0 bridgehead atoms. The fourth-order valence-corrected chi connectivity index (χ4v) is 4.81. The van der Waals surface area contributed by atoms with Gasteiger partial charge in [-0.1, -0.05) is 44.2 Å². The van der Waals surface area contributed by atoms with Gasteiger partial charge < -0.3 is 10.3 Å². The monoisotopic (exact) mass is 425 g/mol. The first-order chi connectivity index (χ1) is 14.5. The molecule has 6 nitrogen and oxygen atoms in total. The summed E-state index contributed by atoms with van der Waals surface area (Å²) < 4.78 is 26.4. The van der Waals surface area contributed by atoms with Crippen LogP contribution in [0.5, 0.6) is 0 Å². The van der Waals surface area contributed by atoms with Crippen molar-refractivity contribution < 1.29 is 13.2 Å². The normalized spacial score (nSPS) is 12.1. The van der Waals surface area contributed by atoms with Crippen LogP contribution in [0.4, 0.5) is 0 Å². The Bertz CT molecular complexity index is 1130. The third kappa shape index (κ3) is 4.98. The Kier molecular flexibility index (Phi) is 7.07. The number of fused-ring (bicyclic) bond motifs is 1. The van der Waals surface area contributed by atoms with Crippen LogP contribution in [0.3, 0.4) is 0 Å². The number of para-hydroxylation sites is 1. The fraction of sp³-hybridized carbons (Fsp3) is 0.261. The maximum atomic E-state index is 12.5. The minimum atomic E-state index is -3.47. The van der Waals surface area contributed by atoms with Crippen LogP contribution < -0.4 is 5.32 Å². The summed E-state index contributed by atoms with van der Waals surface area (Å²) in [4.78, 5) is 15.6. The fourth-order valence-electron chi connectivity index (χ4n) is 3.35. The van der Waals surface area contributed by atoms with E-state index in [4.69, 9.17) is 0 Å². The molecule has 0 saturated heterocycles. The number of hydrogen-bond donors (Lipinski definition) is 2. The highest BCUT2D eigenvalue weighted by Crippen LogP contribution is 2.18. The number of amides is 1.